The number of rotatable bonds is 9. The number of hydrogen-bond donors (Lipinski definition) is 1. The molecule has 19 heavy (non-hydrogen) atoms. The van der Waals surface area contributed by atoms with E-state index in [1.807, 2.05) is 12.1 Å². The molecule has 1 aromatic rings. The van der Waals surface area contributed by atoms with Gasteiger partial charge in [0.05, 0.1) is 12.4 Å². The van der Waals surface area contributed by atoms with E-state index in [0.29, 0.717) is 13.0 Å². The van der Waals surface area contributed by atoms with Gasteiger partial charge in [0.2, 0.25) is 10.0 Å². The van der Waals surface area contributed by atoms with E-state index in [0.717, 1.165) is 31.4 Å². The monoisotopic (exact) mass is 285 g/mol. The van der Waals surface area contributed by atoms with Crippen molar-refractivity contribution in [2.45, 2.75) is 39.0 Å². The number of aryl methyl sites for hydroxylation is 1. The van der Waals surface area contributed by atoms with Crippen LogP contribution in [0.4, 0.5) is 0 Å². The molecule has 5 heteroatoms. The summed E-state index contributed by atoms with van der Waals surface area (Å²) in [5.74, 6) is 0.982. The second-order valence-electron chi connectivity index (χ2n) is 4.63. The fourth-order valence-electron chi connectivity index (χ4n) is 1.80. The minimum atomic E-state index is -3.30. The van der Waals surface area contributed by atoms with Gasteiger partial charge in [-0.3, -0.25) is 0 Å². The Labute approximate surface area is 116 Å². The topological polar surface area (TPSA) is 69.4 Å². The van der Waals surface area contributed by atoms with E-state index in [9.17, 15) is 8.42 Å². The zero-order valence-electron chi connectivity index (χ0n) is 11.5. The maximum Gasteiger partial charge on any atom is 0.209 e. The van der Waals surface area contributed by atoms with Crippen LogP contribution in [0.25, 0.3) is 0 Å². The van der Waals surface area contributed by atoms with Gasteiger partial charge < -0.3 is 4.74 Å². The summed E-state index contributed by atoms with van der Waals surface area (Å²) in [5.41, 5.74) is 1.27. The first-order chi connectivity index (χ1) is 9.01. The predicted octanol–water partition coefficient (Wildman–Crippen LogP) is 2.48. The van der Waals surface area contributed by atoms with Crippen LogP contribution in [0.2, 0.25) is 0 Å². The Kier molecular flexibility index (Phi) is 6.87. The largest absolute Gasteiger partial charge is 0.494 e. The lowest BCUT2D eigenvalue weighted by molar-refractivity contribution is 0.305. The number of benzene rings is 1. The Morgan fingerprint density at radius 2 is 1.89 bits per heavy atom. The third-order valence-corrected chi connectivity index (χ3v) is 3.76. The minimum Gasteiger partial charge on any atom is -0.494 e. The van der Waals surface area contributed by atoms with E-state index < -0.39 is 10.0 Å². The molecule has 0 spiro atoms. The van der Waals surface area contributed by atoms with E-state index in [4.69, 9.17) is 9.88 Å². The summed E-state index contributed by atoms with van der Waals surface area (Å²) in [6, 6.07) is 8.10. The molecule has 0 fully saturated rings. The van der Waals surface area contributed by atoms with Gasteiger partial charge in [-0.25, -0.2) is 13.6 Å². The van der Waals surface area contributed by atoms with Crippen LogP contribution in [-0.2, 0) is 16.4 Å². The number of unbranched alkanes of at least 4 members (excludes halogenated alkanes) is 3. The molecule has 0 aliphatic carbocycles. The van der Waals surface area contributed by atoms with Crippen molar-refractivity contribution in [3.8, 4) is 5.75 Å². The third-order valence-electron chi connectivity index (χ3n) is 2.90. The molecule has 0 bridgehead atoms. The molecule has 0 aliphatic rings. The molecule has 0 atom stereocenters. The van der Waals surface area contributed by atoms with Crippen molar-refractivity contribution in [3.63, 3.8) is 0 Å². The number of nitrogens with two attached hydrogens (primary N) is 1. The van der Waals surface area contributed by atoms with Gasteiger partial charge >= 0.3 is 0 Å². The van der Waals surface area contributed by atoms with Gasteiger partial charge in [0.15, 0.2) is 0 Å². The van der Waals surface area contributed by atoms with E-state index >= 15 is 0 Å². The SMILES string of the molecule is CCc1cccc(OCCCCCCS(N)(=O)=O)c1. The fraction of sp³-hybridized carbons (Fsp3) is 0.571. The van der Waals surface area contributed by atoms with Crippen LogP contribution in [0.3, 0.4) is 0 Å². The molecule has 4 nitrogen and oxygen atoms in total. The van der Waals surface area contributed by atoms with Crippen molar-refractivity contribution in [3.05, 3.63) is 29.8 Å². The van der Waals surface area contributed by atoms with Crippen LogP contribution in [0.1, 0.15) is 38.2 Å². The standard InChI is InChI=1S/C14H23NO3S/c1-2-13-8-7-9-14(12-13)18-10-5-3-4-6-11-19(15,16)17/h7-9,12H,2-6,10-11H2,1H3,(H2,15,16,17). The molecule has 0 heterocycles. The van der Waals surface area contributed by atoms with Gasteiger partial charge in [0.1, 0.15) is 5.75 Å². The minimum absolute atomic E-state index is 0.0758. The Hall–Kier alpha value is -1.07. The molecule has 108 valence electrons. The van der Waals surface area contributed by atoms with Crippen LogP contribution in [0.15, 0.2) is 24.3 Å². The Morgan fingerprint density at radius 1 is 1.16 bits per heavy atom. The predicted molar refractivity (Wildman–Crippen MR) is 77.8 cm³/mol. The molecule has 0 unspecified atom stereocenters. The average Bonchev–Trinajstić information content (AvgIpc) is 2.36. The number of hydrogen-bond acceptors (Lipinski definition) is 3. The lowest BCUT2D eigenvalue weighted by Crippen LogP contribution is -2.16. The Bertz CT molecular complexity index is 471. The highest BCUT2D eigenvalue weighted by Gasteiger charge is 2.01. The van der Waals surface area contributed by atoms with Crippen LogP contribution in [0.5, 0.6) is 5.75 Å². The van der Waals surface area contributed by atoms with Crippen LogP contribution in [-0.4, -0.2) is 20.8 Å². The van der Waals surface area contributed by atoms with E-state index in [2.05, 4.69) is 19.1 Å². The quantitative estimate of drug-likeness (QED) is 0.709. The van der Waals surface area contributed by atoms with E-state index in [1.54, 1.807) is 0 Å². The Balaban J connectivity index is 2.10. The lowest BCUT2D eigenvalue weighted by Gasteiger charge is -2.07. The van der Waals surface area contributed by atoms with Crippen LogP contribution < -0.4 is 9.88 Å². The summed E-state index contributed by atoms with van der Waals surface area (Å²) in [6.45, 7) is 2.78. The molecule has 0 aromatic heterocycles. The zero-order chi connectivity index (χ0) is 14.1. The highest BCUT2D eigenvalue weighted by Crippen LogP contribution is 2.14. The second kappa shape index (κ2) is 8.17. The lowest BCUT2D eigenvalue weighted by atomic mass is 10.2. The van der Waals surface area contributed by atoms with Gasteiger partial charge in [-0.2, -0.15) is 0 Å². The normalized spacial score (nSPS) is 11.5. The molecule has 0 radical (unpaired) electrons. The van der Waals surface area contributed by atoms with Crippen molar-refractivity contribution in [1.29, 1.82) is 0 Å². The molecular formula is C14H23NO3S. The first-order valence-electron chi connectivity index (χ1n) is 6.73. The van der Waals surface area contributed by atoms with Crippen molar-refractivity contribution < 1.29 is 13.2 Å². The summed E-state index contributed by atoms with van der Waals surface area (Å²) < 4.78 is 27.1. The molecule has 0 amide bonds. The molecule has 1 rings (SSSR count). The highest BCUT2D eigenvalue weighted by atomic mass is 32.2. The molecular weight excluding hydrogens is 262 g/mol. The number of sulfonamides is 1. The molecule has 0 aliphatic heterocycles. The maximum atomic E-state index is 10.7. The van der Waals surface area contributed by atoms with Gasteiger partial charge in [-0.15, -0.1) is 0 Å². The summed E-state index contributed by atoms with van der Waals surface area (Å²) in [5, 5.41) is 4.93. The van der Waals surface area contributed by atoms with Crippen molar-refractivity contribution in [1.82, 2.24) is 0 Å². The molecule has 0 saturated heterocycles. The van der Waals surface area contributed by atoms with Gasteiger partial charge in [0, 0.05) is 0 Å². The van der Waals surface area contributed by atoms with Crippen LogP contribution in [0, 0.1) is 0 Å². The van der Waals surface area contributed by atoms with Gasteiger partial charge in [0.25, 0.3) is 0 Å². The third kappa shape index (κ3) is 7.85. The van der Waals surface area contributed by atoms with Crippen molar-refractivity contribution in [2.75, 3.05) is 12.4 Å². The van der Waals surface area contributed by atoms with E-state index in [-0.39, 0.29) is 5.75 Å². The smallest absolute Gasteiger partial charge is 0.209 e. The highest BCUT2D eigenvalue weighted by molar-refractivity contribution is 7.89. The number of ether oxygens (including phenoxy) is 1. The maximum absolute atomic E-state index is 10.7. The first kappa shape index (κ1) is 16.0. The number of primary sulfonamides is 1. The van der Waals surface area contributed by atoms with Crippen LogP contribution >= 0.6 is 0 Å². The summed E-state index contributed by atoms with van der Waals surface area (Å²) in [7, 11) is -3.30. The Morgan fingerprint density at radius 3 is 2.58 bits per heavy atom. The molecule has 0 saturated carbocycles. The van der Waals surface area contributed by atoms with Crippen molar-refractivity contribution >= 4 is 10.0 Å². The average molecular weight is 285 g/mol. The van der Waals surface area contributed by atoms with Crippen molar-refractivity contribution in [2.24, 2.45) is 5.14 Å². The summed E-state index contributed by atoms with van der Waals surface area (Å²) in [4.78, 5) is 0. The zero-order valence-corrected chi connectivity index (χ0v) is 12.3. The second-order valence-corrected chi connectivity index (χ2v) is 6.36. The first-order valence-corrected chi connectivity index (χ1v) is 8.45. The van der Waals surface area contributed by atoms with E-state index in [1.165, 1.54) is 5.56 Å². The molecule has 1 aromatic carbocycles. The molecule has 2 N–H and O–H groups in total. The van der Waals surface area contributed by atoms with Gasteiger partial charge in [-0.1, -0.05) is 31.9 Å². The summed E-state index contributed by atoms with van der Waals surface area (Å²) in [6.07, 6.45) is 4.40. The van der Waals surface area contributed by atoms with Gasteiger partial charge in [-0.05, 0) is 37.0 Å². The summed E-state index contributed by atoms with van der Waals surface area (Å²) >= 11 is 0. The fourth-order valence-corrected chi connectivity index (χ4v) is 2.41.